The van der Waals surface area contributed by atoms with Crippen LogP contribution in [0.2, 0.25) is 5.02 Å². The molecule has 0 saturated heterocycles. The van der Waals surface area contributed by atoms with Gasteiger partial charge < -0.3 is 10.2 Å². The number of fused-ring (bicyclic) bond motifs is 5. The van der Waals surface area contributed by atoms with Gasteiger partial charge >= 0.3 is 0 Å². The molecule has 0 saturated carbocycles. The van der Waals surface area contributed by atoms with Crippen LogP contribution >= 0.6 is 22.9 Å². The first-order valence-electron chi connectivity index (χ1n) is 6.17. The van der Waals surface area contributed by atoms with E-state index in [4.69, 9.17) is 11.6 Å². The zero-order valence-corrected chi connectivity index (χ0v) is 11.6. The number of amides is 1. The standard InChI is InChI=1S/C14H11ClN2OS/c15-8-1-2-11-10(7-8)16-14(18)13-9-4-6-19-12(9)3-5-17(11)13/h1-2,4,6-7,13H,3,5H2,(H,16,18). The molecule has 3 heterocycles. The van der Waals surface area contributed by atoms with Crippen molar-refractivity contribution in [2.75, 3.05) is 16.8 Å². The van der Waals surface area contributed by atoms with Crippen LogP contribution in [0.4, 0.5) is 11.4 Å². The van der Waals surface area contributed by atoms with Gasteiger partial charge in [-0.25, -0.2) is 0 Å². The number of hydrogen-bond donors (Lipinski definition) is 1. The molecule has 1 amide bonds. The summed E-state index contributed by atoms with van der Waals surface area (Å²) in [7, 11) is 0. The third kappa shape index (κ3) is 1.60. The topological polar surface area (TPSA) is 32.3 Å². The van der Waals surface area contributed by atoms with Crippen LogP contribution in [0.1, 0.15) is 16.5 Å². The molecule has 1 aromatic heterocycles. The van der Waals surface area contributed by atoms with Crippen molar-refractivity contribution >= 4 is 40.2 Å². The number of nitrogens with one attached hydrogen (secondary N) is 1. The molecule has 19 heavy (non-hydrogen) atoms. The Morgan fingerprint density at radius 2 is 2.26 bits per heavy atom. The van der Waals surface area contributed by atoms with Gasteiger partial charge in [-0.05, 0) is 41.6 Å². The van der Waals surface area contributed by atoms with E-state index in [0.717, 1.165) is 29.9 Å². The quantitative estimate of drug-likeness (QED) is 0.806. The summed E-state index contributed by atoms with van der Waals surface area (Å²) in [4.78, 5) is 15.9. The zero-order chi connectivity index (χ0) is 13.0. The molecule has 0 bridgehead atoms. The monoisotopic (exact) mass is 290 g/mol. The summed E-state index contributed by atoms with van der Waals surface area (Å²) in [6, 6.07) is 7.55. The Hall–Kier alpha value is -1.52. The lowest BCUT2D eigenvalue weighted by Crippen LogP contribution is -2.45. The summed E-state index contributed by atoms with van der Waals surface area (Å²) in [5.74, 6) is 0.0362. The maximum Gasteiger partial charge on any atom is 0.251 e. The second kappa shape index (κ2) is 3.99. The van der Waals surface area contributed by atoms with Crippen LogP contribution in [0.25, 0.3) is 0 Å². The molecule has 0 fully saturated rings. The van der Waals surface area contributed by atoms with Gasteiger partial charge in [0, 0.05) is 16.4 Å². The zero-order valence-electron chi connectivity index (χ0n) is 10.0. The number of carbonyl (C=O) groups is 1. The van der Waals surface area contributed by atoms with E-state index in [2.05, 4.69) is 21.7 Å². The van der Waals surface area contributed by atoms with Crippen LogP contribution in [0.5, 0.6) is 0 Å². The van der Waals surface area contributed by atoms with Crippen LogP contribution in [0.15, 0.2) is 29.6 Å². The lowest BCUT2D eigenvalue weighted by Gasteiger charge is -2.41. The predicted molar refractivity (Wildman–Crippen MR) is 78.2 cm³/mol. The Bertz CT molecular complexity index is 682. The number of anilines is 2. The third-order valence-corrected chi connectivity index (χ3v) is 4.97. The highest BCUT2D eigenvalue weighted by Gasteiger charge is 2.38. The van der Waals surface area contributed by atoms with Gasteiger partial charge in [0.05, 0.1) is 11.4 Å². The van der Waals surface area contributed by atoms with E-state index in [9.17, 15) is 4.79 Å². The van der Waals surface area contributed by atoms with E-state index in [1.54, 1.807) is 11.3 Å². The van der Waals surface area contributed by atoms with Gasteiger partial charge in [-0.1, -0.05) is 11.6 Å². The first-order chi connectivity index (χ1) is 9.24. The maximum atomic E-state index is 12.4. The third-order valence-electron chi connectivity index (χ3n) is 3.74. The van der Waals surface area contributed by atoms with Crippen LogP contribution in [0.3, 0.4) is 0 Å². The highest BCUT2D eigenvalue weighted by atomic mass is 35.5. The molecule has 0 aliphatic carbocycles. The molecule has 0 radical (unpaired) electrons. The van der Waals surface area contributed by atoms with E-state index in [1.165, 1.54) is 4.88 Å². The van der Waals surface area contributed by atoms with E-state index >= 15 is 0 Å². The molecular formula is C14H11ClN2OS. The molecule has 1 unspecified atom stereocenters. The summed E-state index contributed by atoms with van der Waals surface area (Å²) >= 11 is 7.73. The van der Waals surface area contributed by atoms with Crippen molar-refractivity contribution in [2.24, 2.45) is 0 Å². The minimum absolute atomic E-state index is 0.0362. The first kappa shape index (κ1) is 11.3. The number of halogens is 1. The van der Waals surface area contributed by atoms with Crippen molar-refractivity contribution in [3.63, 3.8) is 0 Å². The predicted octanol–water partition coefficient (Wildman–Crippen LogP) is 3.46. The lowest BCUT2D eigenvalue weighted by atomic mass is 9.96. The molecular weight excluding hydrogens is 280 g/mol. The van der Waals surface area contributed by atoms with E-state index < -0.39 is 0 Å². The molecule has 1 atom stereocenters. The van der Waals surface area contributed by atoms with Gasteiger partial charge in [0.25, 0.3) is 5.91 Å². The summed E-state index contributed by atoms with van der Waals surface area (Å²) in [5.41, 5.74) is 3.02. The van der Waals surface area contributed by atoms with Crippen molar-refractivity contribution < 1.29 is 4.79 Å². The molecule has 3 nitrogen and oxygen atoms in total. The smallest absolute Gasteiger partial charge is 0.251 e. The molecule has 4 rings (SSSR count). The van der Waals surface area contributed by atoms with Gasteiger partial charge in [-0.2, -0.15) is 0 Å². The second-order valence-electron chi connectivity index (χ2n) is 4.80. The van der Waals surface area contributed by atoms with Crippen LogP contribution in [0, 0.1) is 0 Å². The summed E-state index contributed by atoms with van der Waals surface area (Å²) < 4.78 is 0. The molecule has 5 heteroatoms. The minimum Gasteiger partial charge on any atom is -0.354 e. The summed E-state index contributed by atoms with van der Waals surface area (Å²) in [6.45, 7) is 0.875. The van der Waals surface area contributed by atoms with Gasteiger partial charge in [0.1, 0.15) is 6.04 Å². The second-order valence-corrected chi connectivity index (χ2v) is 6.23. The van der Waals surface area contributed by atoms with E-state index in [0.29, 0.717) is 5.02 Å². The van der Waals surface area contributed by atoms with Crippen LogP contribution in [-0.2, 0) is 11.2 Å². The fourth-order valence-electron chi connectivity index (χ4n) is 2.92. The Morgan fingerprint density at radius 3 is 3.16 bits per heavy atom. The molecule has 0 spiro atoms. The molecule has 2 aromatic rings. The van der Waals surface area contributed by atoms with Gasteiger partial charge in [-0.15, -0.1) is 11.3 Å². The van der Waals surface area contributed by atoms with E-state index in [-0.39, 0.29) is 11.9 Å². The Morgan fingerprint density at radius 1 is 1.37 bits per heavy atom. The normalized spacial score (nSPS) is 20.4. The van der Waals surface area contributed by atoms with Gasteiger partial charge in [0.15, 0.2) is 0 Å². The van der Waals surface area contributed by atoms with Crippen LogP contribution < -0.4 is 10.2 Å². The Balaban J connectivity index is 1.88. The lowest BCUT2D eigenvalue weighted by molar-refractivity contribution is -0.117. The van der Waals surface area contributed by atoms with Gasteiger partial charge in [0.2, 0.25) is 0 Å². The fraction of sp³-hybridized carbons (Fsp3) is 0.214. The van der Waals surface area contributed by atoms with Gasteiger partial charge in [-0.3, -0.25) is 4.79 Å². The van der Waals surface area contributed by atoms with Crippen LogP contribution in [-0.4, -0.2) is 12.5 Å². The summed E-state index contributed by atoms with van der Waals surface area (Å²) in [6.07, 6.45) is 0.999. The fourth-order valence-corrected chi connectivity index (χ4v) is 3.99. The highest BCUT2D eigenvalue weighted by molar-refractivity contribution is 7.10. The maximum absolute atomic E-state index is 12.4. The van der Waals surface area contributed by atoms with Crippen molar-refractivity contribution in [2.45, 2.75) is 12.5 Å². The largest absolute Gasteiger partial charge is 0.354 e. The average molecular weight is 291 g/mol. The Labute approximate surface area is 119 Å². The van der Waals surface area contributed by atoms with Crippen molar-refractivity contribution in [3.05, 3.63) is 45.1 Å². The van der Waals surface area contributed by atoms with Crippen molar-refractivity contribution in [1.29, 1.82) is 0 Å². The molecule has 2 aliphatic rings. The highest BCUT2D eigenvalue weighted by Crippen LogP contribution is 2.43. The molecule has 1 N–H and O–H groups in total. The first-order valence-corrected chi connectivity index (χ1v) is 7.43. The number of thiophene rings is 1. The molecule has 96 valence electrons. The molecule has 2 aliphatic heterocycles. The number of nitrogens with zero attached hydrogens (tertiary/aromatic N) is 1. The van der Waals surface area contributed by atoms with Crippen molar-refractivity contribution in [3.8, 4) is 0 Å². The number of carbonyl (C=O) groups excluding carboxylic acids is 1. The van der Waals surface area contributed by atoms with Crippen molar-refractivity contribution in [1.82, 2.24) is 0 Å². The van der Waals surface area contributed by atoms with E-state index in [1.807, 2.05) is 18.2 Å². The Kier molecular flexibility index (Phi) is 2.37. The number of benzene rings is 1. The number of hydrogen-bond acceptors (Lipinski definition) is 3. The summed E-state index contributed by atoms with van der Waals surface area (Å²) in [5, 5.41) is 5.68. The molecule has 1 aromatic carbocycles. The SMILES string of the molecule is O=C1Nc2cc(Cl)ccc2N2CCc3sccc3C12. The minimum atomic E-state index is -0.191. The number of rotatable bonds is 0. The average Bonchev–Trinajstić information content (AvgIpc) is 2.86.